The van der Waals surface area contributed by atoms with Crippen molar-refractivity contribution in [1.82, 2.24) is 10.2 Å². The molecule has 0 bridgehead atoms. The van der Waals surface area contributed by atoms with Crippen LogP contribution in [0.2, 0.25) is 0 Å². The quantitative estimate of drug-likeness (QED) is 0.696. The van der Waals surface area contributed by atoms with Crippen LogP contribution in [0.3, 0.4) is 0 Å². The fourth-order valence-electron chi connectivity index (χ4n) is 1.13. The smallest absolute Gasteiger partial charge is 0.0359 e. The molecule has 1 rings (SSSR count). The molecule has 0 amide bonds. The molecule has 1 aromatic rings. The lowest BCUT2D eigenvalue weighted by atomic mass is 10.1. The maximum Gasteiger partial charge on any atom is 0.0359 e. The maximum absolute atomic E-state index is 5.40. The van der Waals surface area contributed by atoms with Crippen molar-refractivity contribution >= 4 is 11.8 Å². The highest BCUT2D eigenvalue weighted by Crippen LogP contribution is 2.04. The SMILES string of the molecule is CNCc1cccc(CNCl)c1. The Bertz CT molecular complexity index is 216. The van der Waals surface area contributed by atoms with E-state index in [9.17, 15) is 0 Å². The molecule has 0 saturated carbocycles. The second-order valence-corrected chi connectivity index (χ2v) is 2.93. The Morgan fingerprint density at radius 2 is 1.92 bits per heavy atom. The van der Waals surface area contributed by atoms with Crippen molar-refractivity contribution in [2.75, 3.05) is 7.05 Å². The van der Waals surface area contributed by atoms with E-state index in [1.165, 1.54) is 11.1 Å². The van der Waals surface area contributed by atoms with E-state index in [-0.39, 0.29) is 0 Å². The molecular formula is C9H13ClN2. The van der Waals surface area contributed by atoms with Crippen LogP contribution in [0, 0.1) is 0 Å². The summed E-state index contributed by atoms with van der Waals surface area (Å²) in [6.07, 6.45) is 0. The van der Waals surface area contributed by atoms with Gasteiger partial charge >= 0.3 is 0 Å². The number of halogens is 1. The summed E-state index contributed by atoms with van der Waals surface area (Å²) in [6.45, 7) is 1.61. The van der Waals surface area contributed by atoms with Crippen LogP contribution in [-0.2, 0) is 13.1 Å². The molecule has 0 aliphatic carbocycles. The zero-order chi connectivity index (χ0) is 8.81. The first-order valence-electron chi connectivity index (χ1n) is 3.92. The van der Waals surface area contributed by atoms with E-state index in [1.807, 2.05) is 13.1 Å². The summed E-state index contributed by atoms with van der Waals surface area (Å²) in [7, 11) is 1.94. The molecule has 0 aliphatic heterocycles. The first-order chi connectivity index (χ1) is 5.86. The summed E-state index contributed by atoms with van der Waals surface area (Å²) in [5.41, 5.74) is 2.49. The summed E-state index contributed by atoms with van der Waals surface area (Å²) in [4.78, 5) is 2.61. The average Bonchev–Trinajstić information content (AvgIpc) is 2.06. The van der Waals surface area contributed by atoms with Crippen molar-refractivity contribution in [2.45, 2.75) is 13.1 Å². The van der Waals surface area contributed by atoms with Gasteiger partial charge in [-0.25, -0.2) is 4.84 Å². The Morgan fingerprint density at radius 1 is 1.25 bits per heavy atom. The number of rotatable bonds is 4. The van der Waals surface area contributed by atoms with Crippen LogP contribution in [-0.4, -0.2) is 7.05 Å². The number of benzene rings is 1. The summed E-state index contributed by atoms with van der Waals surface area (Å²) in [6, 6.07) is 8.31. The van der Waals surface area contributed by atoms with Crippen molar-refractivity contribution < 1.29 is 0 Å². The van der Waals surface area contributed by atoms with Crippen LogP contribution in [0.1, 0.15) is 11.1 Å². The van der Waals surface area contributed by atoms with Crippen LogP contribution >= 0.6 is 11.8 Å². The first kappa shape index (κ1) is 9.52. The topological polar surface area (TPSA) is 24.1 Å². The van der Waals surface area contributed by atoms with E-state index >= 15 is 0 Å². The average molecular weight is 185 g/mol. The van der Waals surface area contributed by atoms with Crippen molar-refractivity contribution in [3.63, 3.8) is 0 Å². The molecule has 2 nitrogen and oxygen atoms in total. The van der Waals surface area contributed by atoms with Gasteiger partial charge in [-0.05, 0) is 30.0 Å². The maximum atomic E-state index is 5.40. The monoisotopic (exact) mass is 184 g/mol. The first-order valence-corrected chi connectivity index (χ1v) is 4.30. The van der Waals surface area contributed by atoms with Gasteiger partial charge in [0.05, 0.1) is 0 Å². The molecule has 0 unspecified atom stereocenters. The second kappa shape index (κ2) is 5.14. The van der Waals surface area contributed by atoms with E-state index < -0.39 is 0 Å². The van der Waals surface area contributed by atoms with E-state index in [0.717, 1.165) is 6.54 Å². The Hall–Kier alpha value is -0.570. The molecule has 0 aliphatic rings. The molecule has 0 spiro atoms. The molecule has 1 aromatic carbocycles. The normalized spacial score (nSPS) is 10.2. The molecule has 0 heterocycles. The van der Waals surface area contributed by atoms with Crippen LogP contribution in [0.5, 0.6) is 0 Å². The van der Waals surface area contributed by atoms with Gasteiger partial charge in [0.15, 0.2) is 0 Å². The van der Waals surface area contributed by atoms with Gasteiger partial charge in [0, 0.05) is 13.1 Å². The van der Waals surface area contributed by atoms with Crippen LogP contribution < -0.4 is 10.2 Å². The molecule has 0 saturated heterocycles. The second-order valence-electron chi connectivity index (χ2n) is 2.66. The zero-order valence-corrected chi connectivity index (χ0v) is 7.86. The van der Waals surface area contributed by atoms with Crippen molar-refractivity contribution in [3.8, 4) is 0 Å². The summed E-state index contributed by atoms with van der Waals surface area (Å²) >= 11 is 5.40. The Labute approximate surface area is 78.0 Å². The van der Waals surface area contributed by atoms with Crippen LogP contribution in [0.4, 0.5) is 0 Å². The molecule has 12 heavy (non-hydrogen) atoms. The minimum Gasteiger partial charge on any atom is -0.316 e. The molecule has 0 atom stereocenters. The molecule has 3 heteroatoms. The standard InChI is InChI=1S/C9H13ClN2/c1-11-6-8-3-2-4-9(5-8)7-12-10/h2-5,11-12H,6-7H2,1H3. The lowest BCUT2D eigenvalue weighted by molar-refractivity contribution is 0.814. The molecule has 0 aromatic heterocycles. The predicted octanol–water partition coefficient (Wildman–Crippen LogP) is 1.65. The van der Waals surface area contributed by atoms with Gasteiger partial charge in [0.2, 0.25) is 0 Å². The predicted molar refractivity (Wildman–Crippen MR) is 51.9 cm³/mol. The minimum atomic E-state index is 0.707. The fraction of sp³-hybridized carbons (Fsp3) is 0.333. The van der Waals surface area contributed by atoms with Crippen molar-refractivity contribution in [1.29, 1.82) is 0 Å². The van der Waals surface area contributed by atoms with Gasteiger partial charge in [0.25, 0.3) is 0 Å². The largest absolute Gasteiger partial charge is 0.316 e. The van der Waals surface area contributed by atoms with Crippen LogP contribution in [0.25, 0.3) is 0 Å². The Kier molecular flexibility index (Phi) is 4.08. The number of hydrogen-bond acceptors (Lipinski definition) is 2. The molecule has 0 fully saturated rings. The van der Waals surface area contributed by atoms with Crippen molar-refractivity contribution in [2.24, 2.45) is 0 Å². The third kappa shape index (κ3) is 2.81. The third-order valence-electron chi connectivity index (χ3n) is 1.64. The van der Waals surface area contributed by atoms with E-state index in [2.05, 4.69) is 28.4 Å². The summed E-state index contributed by atoms with van der Waals surface area (Å²) < 4.78 is 0. The summed E-state index contributed by atoms with van der Waals surface area (Å²) in [5, 5.41) is 3.10. The van der Waals surface area contributed by atoms with Gasteiger partial charge in [-0.1, -0.05) is 24.3 Å². The molecule has 2 N–H and O–H groups in total. The third-order valence-corrected chi connectivity index (χ3v) is 1.78. The zero-order valence-electron chi connectivity index (χ0n) is 7.10. The van der Waals surface area contributed by atoms with Crippen molar-refractivity contribution in [3.05, 3.63) is 35.4 Å². The van der Waals surface area contributed by atoms with E-state index in [1.54, 1.807) is 0 Å². The highest BCUT2D eigenvalue weighted by atomic mass is 35.5. The number of hydrogen-bond donors (Lipinski definition) is 2. The molecular weight excluding hydrogens is 172 g/mol. The Morgan fingerprint density at radius 3 is 2.50 bits per heavy atom. The Balaban J connectivity index is 2.67. The lowest BCUT2D eigenvalue weighted by Gasteiger charge is -2.02. The van der Waals surface area contributed by atoms with E-state index in [4.69, 9.17) is 11.8 Å². The highest BCUT2D eigenvalue weighted by molar-refractivity contribution is 6.13. The van der Waals surface area contributed by atoms with Gasteiger partial charge in [-0.2, -0.15) is 0 Å². The highest BCUT2D eigenvalue weighted by Gasteiger charge is 1.93. The summed E-state index contributed by atoms with van der Waals surface area (Å²) in [5.74, 6) is 0. The van der Waals surface area contributed by atoms with Gasteiger partial charge in [-0.15, -0.1) is 0 Å². The van der Waals surface area contributed by atoms with Gasteiger partial charge < -0.3 is 5.32 Å². The lowest BCUT2D eigenvalue weighted by Crippen LogP contribution is -2.06. The number of nitrogens with one attached hydrogen (secondary N) is 2. The van der Waals surface area contributed by atoms with Crippen LogP contribution in [0.15, 0.2) is 24.3 Å². The van der Waals surface area contributed by atoms with E-state index in [0.29, 0.717) is 6.54 Å². The molecule has 66 valence electrons. The fourth-order valence-corrected chi connectivity index (χ4v) is 1.29. The van der Waals surface area contributed by atoms with Gasteiger partial charge in [0.1, 0.15) is 0 Å². The van der Waals surface area contributed by atoms with Gasteiger partial charge in [-0.3, -0.25) is 0 Å². The minimum absolute atomic E-state index is 0.707. The molecule has 0 radical (unpaired) electrons.